The van der Waals surface area contributed by atoms with Gasteiger partial charge in [-0.15, -0.1) is 0 Å². The van der Waals surface area contributed by atoms with Crippen LogP contribution in [0.25, 0.3) is 0 Å². The quantitative estimate of drug-likeness (QED) is 0.378. The smallest absolute Gasteiger partial charge is 2.00 e. The van der Waals surface area contributed by atoms with E-state index >= 15 is 0 Å². The van der Waals surface area contributed by atoms with Crippen LogP contribution in [0.15, 0.2) is 0 Å². The van der Waals surface area contributed by atoms with Crippen molar-refractivity contribution in [3.63, 3.8) is 0 Å². The molecule has 48 valence electrons. The molecule has 0 fully saturated rings. The van der Waals surface area contributed by atoms with Gasteiger partial charge in [-0.2, -0.15) is 0 Å². The van der Waals surface area contributed by atoms with Crippen LogP contribution in [0.1, 0.15) is 0 Å². The Bertz CT molecular complexity index is 91.7. The first-order chi connectivity index (χ1) is 2.00. The first kappa shape index (κ1) is 23.5. The number of hydrogen-bond donors (Lipinski definition) is 0. The molecule has 0 aliphatic rings. The Morgan fingerprint density at radius 3 is 1.00 bits per heavy atom. The van der Waals surface area contributed by atoms with E-state index in [1.807, 2.05) is 0 Å². The van der Waals surface area contributed by atoms with Crippen LogP contribution in [-0.4, -0.2) is 11.0 Å². The molecule has 0 spiro atoms. The first-order valence-electron chi connectivity index (χ1n) is 0.667. The predicted molar refractivity (Wildman–Crippen MR) is 8.60 cm³/mol. The molecule has 0 atom stereocenters. The third kappa shape index (κ3) is 582. The van der Waals surface area contributed by atoms with Crippen LogP contribution in [0.2, 0.25) is 0 Å². The molecule has 0 aromatic rings. The molecular formula is H4CrO6Zn. The zero-order valence-corrected chi connectivity index (χ0v) is 7.99. The van der Waals surface area contributed by atoms with E-state index in [2.05, 4.69) is 0 Å². The SMILES string of the molecule is O.O.[O]=[Cr](=[O])([O-])[O-].[Zn+2]. The Balaban J connectivity index is -0.0000000267. The Morgan fingerprint density at radius 1 is 1.00 bits per heavy atom. The fraction of sp³-hybridized carbons (Fsp3) is 0. The average molecular weight is 217 g/mol. The number of rotatable bonds is 0. The van der Waals surface area contributed by atoms with Crippen LogP contribution >= 0.6 is 0 Å². The minimum atomic E-state index is -5.75. The Morgan fingerprint density at radius 2 is 1.00 bits per heavy atom. The van der Waals surface area contributed by atoms with Crippen LogP contribution in [0, 0.1) is 0 Å². The van der Waals surface area contributed by atoms with Crippen molar-refractivity contribution in [2.75, 3.05) is 0 Å². The van der Waals surface area contributed by atoms with Crippen LogP contribution in [0.5, 0.6) is 0 Å². The van der Waals surface area contributed by atoms with Crippen molar-refractivity contribution < 1.29 is 60.0 Å². The van der Waals surface area contributed by atoms with Crippen molar-refractivity contribution in [1.29, 1.82) is 0 Å². The van der Waals surface area contributed by atoms with Crippen molar-refractivity contribution in [3.05, 3.63) is 0 Å². The van der Waals surface area contributed by atoms with Gasteiger partial charge in [0.05, 0.1) is 0 Å². The molecule has 0 bridgehead atoms. The molecule has 8 heteroatoms. The predicted octanol–water partition coefficient (Wildman–Crippen LogP) is -4.27. The number of hydrogen-bond acceptors (Lipinski definition) is 4. The average Bonchev–Trinajstić information content (AvgIpc) is 0.722. The maximum absolute atomic E-state index is 8.59. The van der Waals surface area contributed by atoms with Gasteiger partial charge in [0.1, 0.15) is 0 Å². The summed E-state index contributed by atoms with van der Waals surface area (Å²) >= 11 is -5.75. The van der Waals surface area contributed by atoms with Crippen molar-refractivity contribution in [1.82, 2.24) is 0 Å². The molecule has 6 nitrogen and oxygen atoms in total. The van der Waals surface area contributed by atoms with E-state index in [4.69, 9.17) is 15.9 Å². The van der Waals surface area contributed by atoms with Crippen LogP contribution in [0.4, 0.5) is 0 Å². The van der Waals surface area contributed by atoms with Crippen LogP contribution in [-0.2, 0) is 40.7 Å². The first-order valence-corrected chi connectivity index (χ1v) is 2.75. The van der Waals surface area contributed by atoms with Crippen molar-refractivity contribution in [2.24, 2.45) is 0 Å². The van der Waals surface area contributed by atoms with E-state index in [-0.39, 0.29) is 30.4 Å². The second-order valence-electron chi connectivity index (χ2n) is 0.408. The minimum Gasteiger partial charge on any atom is 2.00 e. The molecule has 0 amide bonds. The monoisotopic (exact) mass is 216 g/mol. The Kier molecular flexibility index (Phi) is 22.3. The second-order valence-corrected chi connectivity index (χ2v) is 1.68. The summed E-state index contributed by atoms with van der Waals surface area (Å²) in [5, 5.41) is 0. The third-order valence-corrected chi connectivity index (χ3v) is 0. The largest absolute Gasteiger partial charge is 2.00 e. The zero-order valence-electron chi connectivity index (χ0n) is 3.75. The molecule has 0 rings (SSSR count). The van der Waals surface area contributed by atoms with E-state index in [1.165, 1.54) is 0 Å². The van der Waals surface area contributed by atoms with E-state index < -0.39 is 13.6 Å². The van der Waals surface area contributed by atoms with Crippen molar-refractivity contribution >= 4 is 0 Å². The van der Waals surface area contributed by atoms with Crippen LogP contribution < -0.4 is 8.32 Å². The maximum atomic E-state index is 8.59. The fourth-order valence-corrected chi connectivity index (χ4v) is 0. The van der Waals surface area contributed by atoms with Gasteiger partial charge in [-0.1, -0.05) is 0 Å². The molecule has 0 aromatic heterocycles. The molecule has 0 unspecified atom stereocenters. The van der Waals surface area contributed by atoms with Gasteiger partial charge in [-0.3, -0.25) is 0 Å². The molecule has 0 saturated heterocycles. The third-order valence-electron chi connectivity index (χ3n) is 0. The van der Waals surface area contributed by atoms with E-state index in [0.29, 0.717) is 0 Å². The van der Waals surface area contributed by atoms with Gasteiger partial charge in [0.2, 0.25) is 0 Å². The van der Waals surface area contributed by atoms with Gasteiger partial charge in [-0.05, 0) is 0 Å². The molecule has 0 aliphatic carbocycles. The van der Waals surface area contributed by atoms with Crippen molar-refractivity contribution in [3.8, 4) is 0 Å². The summed E-state index contributed by atoms with van der Waals surface area (Å²) in [6.07, 6.45) is 0. The molecule has 0 radical (unpaired) electrons. The molecule has 4 N–H and O–H groups in total. The van der Waals surface area contributed by atoms with Gasteiger partial charge in [-0.25, -0.2) is 0 Å². The van der Waals surface area contributed by atoms with E-state index in [0.717, 1.165) is 0 Å². The molecule has 0 aromatic carbocycles. The summed E-state index contributed by atoms with van der Waals surface area (Å²) in [5.74, 6) is 0. The second kappa shape index (κ2) is 7.60. The maximum Gasteiger partial charge on any atom is 2.00 e. The normalized spacial score (nSPS) is 7.25. The van der Waals surface area contributed by atoms with E-state index in [1.54, 1.807) is 0 Å². The fourth-order valence-electron chi connectivity index (χ4n) is 0. The summed E-state index contributed by atoms with van der Waals surface area (Å²) in [7, 11) is 0. The van der Waals surface area contributed by atoms with Gasteiger partial charge >= 0.3 is 49.0 Å². The summed E-state index contributed by atoms with van der Waals surface area (Å²) in [5.41, 5.74) is 0. The van der Waals surface area contributed by atoms with Gasteiger partial charge in [0.25, 0.3) is 0 Å². The summed E-state index contributed by atoms with van der Waals surface area (Å²) in [6, 6.07) is 0. The Hall–Kier alpha value is 0.596. The van der Waals surface area contributed by atoms with Crippen molar-refractivity contribution in [2.45, 2.75) is 0 Å². The summed E-state index contributed by atoms with van der Waals surface area (Å²) in [4.78, 5) is 0. The minimum absolute atomic E-state index is 0. The van der Waals surface area contributed by atoms with Gasteiger partial charge in [0, 0.05) is 0 Å². The zero-order chi connectivity index (χ0) is 4.50. The summed E-state index contributed by atoms with van der Waals surface area (Å²) in [6.45, 7) is 0. The van der Waals surface area contributed by atoms with Gasteiger partial charge in [0.15, 0.2) is 0 Å². The van der Waals surface area contributed by atoms with Crippen LogP contribution in [0.3, 0.4) is 0 Å². The standard InChI is InChI=1S/Cr.2H2O.4O.Zn/h;2*1H2;;;;;/q;;;;;2*-1;+2. The Labute approximate surface area is 60.3 Å². The molecule has 0 saturated carbocycles. The van der Waals surface area contributed by atoms with Gasteiger partial charge < -0.3 is 11.0 Å². The molecular weight excluding hydrogens is 213 g/mol. The molecule has 0 aliphatic heterocycles. The molecule has 8 heavy (non-hydrogen) atoms. The summed E-state index contributed by atoms with van der Waals surface area (Å²) < 4.78 is 34.4. The topological polar surface area (TPSA) is 143 Å². The molecule has 0 heterocycles. The van der Waals surface area contributed by atoms with E-state index in [9.17, 15) is 0 Å².